The molecule has 0 radical (unpaired) electrons. The molecule has 104 valence electrons. The highest BCUT2D eigenvalue weighted by molar-refractivity contribution is 5.99. The molecule has 1 aromatic heterocycles. The maximum absolute atomic E-state index is 13.7. The molecule has 1 heterocycles. The molecule has 2 nitrogen and oxygen atoms in total. The van der Waals surface area contributed by atoms with Gasteiger partial charge in [-0.2, -0.15) is 0 Å². The highest BCUT2D eigenvalue weighted by atomic mass is 19.1. The van der Waals surface area contributed by atoms with Crippen LogP contribution in [0.5, 0.6) is 0 Å². The predicted octanol–water partition coefficient (Wildman–Crippen LogP) is 4.17. The Bertz CT molecular complexity index is 822. The molecule has 21 heavy (non-hydrogen) atoms. The van der Waals surface area contributed by atoms with Gasteiger partial charge in [0.25, 0.3) is 0 Å². The van der Waals surface area contributed by atoms with Crippen molar-refractivity contribution in [3.63, 3.8) is 0 Å². The van der Waals surface area contributed by atoms with Gasteiger partial charge in [0.05, 0.1) is 0 Å². The number of furan rings is 1. The molecule has 0 atom stereocenters. The fraction of sp³-hybridized carbons (Fsp3) is 0.167. The third-order valence-corrected chi connectivity index (χ3v) is 4.16. The van der Waals surface area contributed by atoms with Crippen molar-refractivity contribution in [1.82, 2.24) is 0 Å². The molecule has 4 rings (SSSR count). The second-order valence-corrected chi connectivity index (χ2v) is 5.51. The maximum atomic E-state index is 13.7. The fourth-order valence-electron chi connectivity index (χ4n) is 3.09. The number of hydrogen-bond acceptors (Lipinski definition) is 2. The lowest BCUT2D eigenvalue weighted by atomic mass is 9.99. The molecular formula is C18H13FO2. The summed E-state index contributed by atoms with van der Waals surface area (Å²) in [5.74, 6) is -0.318. The highest BCUT2D eigenvalue weighted by Crippen LogP contribution is 2.31. The summed E-state index contributed by atoms with van der Waals surface area (Å²) in [4.78, 5) is 12.6. The van der Waals surface area contributed by atoms with Gasteiger partial charge in [0.2, 0.25) is 5.78 Å². The van der Waals surface area contributed by atoms with Gasteiger partial charge in [-0.1, -0.05) is 36.4 Å². The number of Topliss-reactive ketones (excluding diaryl/α,β-unsaturated/α-hetero) is 1. The van der Waals surface area contributed by atoms with Gasteiger partial charge in [0.15, 0.2) is 17.2 Å². The lowest BCUT2D eigenvalue weighted by molar-refractivity contribution is 0.0898. The van der Waals surface area contributed by atoms with Gasteiger partial charge >= 0.3 is 0 Å². The van der Waals surface area contributed by atoms with E-state index in [0.29, 0.717) is 5.39 Å². The minimum Gasteiger partial charge on any atom is -0.450 e. The Balaban J connectivity index is 1.67. The molecule has 0 saturated heterocycles. The zero-order valence-electron chi connectivity index (χ0n) is 11.3. The zero-order valence-corrected chi connectivity index (χ0v) is 11.3. The summed E-state index contributed by atoms with van der Waals surface area (Å²) in [6, 6.07) is 14.4. The van der Waals surface area contributed by atoms with Gasteiger partial charge in [-0.15, -0.1) is 0 Å². The van der Waals surface area contributed by atoms with E-state index in [1.165, 1.54) is 17.2 Å². The third kappa shape index (κ3) is 1.97. The van der Waals surface area contributed by atoms with Crippen molar-refractivity contribution in [2.75, 3.05) is 0 Å². The Labute approximate surface area is 121 Å². The minimum atomic E-state index is -0.429. The number of halogens is 1. The van der Waals surface area contributed by atoms with Crippen molar-refractivity contribution >= 4 is 16.8 Å². The first-order valence-corrected chi connectivity index (χ1v) is 7.01. The smallest absolute Gasteiger partial charge is 0.201 e. The summed E-state index contributed by atoms with van der Waals surface area (Å²) in [5.41, 5.74) is 2.60. The van der Waals surface area contributed by atoms with Crippen LogP contribution >= 0.6 is 0 Å². The van der Waals surface area contributed by atoms with E-state index < -0.39 is 5.82 Å². The zero-order chi connectivity index (χ0) is 14.4. The van der Waals surface area contributed by atoms with Crippen molar-refractivity contribution in [1.29, 1.82) is 0 Å². The number of benzene rings is 2. The minimum absolute atomic E-state index is 0.0400. The summed E-state index contributed by atoms with van der Waals surface area (Å²) in [5, 5.41) is 0.633. The molecule has 0 amide bonds. The van der Waals surface area contributed by atoms with E-state index in [-0.39, 0.29) is 23.0 Å². The first kappa shape index (κ1) is 12.3. The number of fused-ring (bicyclic) bond motifs is 2. The highest BCUT2D eigenvalue weighted by Gasteiger charge is 2.30. The average Bonchev–Trinajstić information content (AvgIpc) is 3.11. The summed E-state index contributed by atoms with van der Waals surface area (Å²) in [6.07, 6.45) is 1.46. The molecule has 0 aliphatic heterocycles. The van der Waals surface area contributed by atoms with Crippen LogP contribution in [-0.2, 0) is 12.8 Å². The summed E-state index contributed by atoms with van der Waals surface area (Å²) < 4.78 is 19.1. The lowest BCUT2D eigenvalue weighted by Gasteiger charge is -2.04. The van der Waals surface area contributed by atoms with Gasteiger partial charge in [-0.05, 0) is 36.1 Å². The number of para-hydroxylation sites is 1. The molecule has 1 aliphatic rings. The Morgan fingerprint density at radius 1 is 1.05 bits per heavy atom. The number of rotatable bonds is 2. The quantitative estimate of drug-likeness (QED) is 0.659. The molecule has 1 aliphatic carbocycles. The van der Waals surface area contributed by atoms with Crippen molar-refractivity contribution in [3.05, 3.63) is 71.2 Å². The molecular weight excluding hydrogens is 267 g/mol. The van der Waals surface area contributed by atoms with Crippen molar-refractivity contribution in [2.24, 2.45) is 5.92 Å². The molecule has 0 bridgehead atoms. The van der Waals surface area contributed by atoms with Crippen LogP contribution in [0.4, 0.5) is 4.39 Å². The van der Waals surface area contributed by atoms with E-state index in [1.807, 2.05) is 12.1 Å². The van der Waals surface area contributed by atoms with Crippen molar-refractivity contribution in [2.45, 2.75) is 12.8 Å². The van der Waals surface area contributed by atoms with Crippen LogP contribution < -0.4 is 0 Å². The number of hydrogen-bond donors (Lipinski definition) is 0. The standard InChI is InChI=1S/C18H13FO2/c19-15-7-3-6-13-10-16(21-18(13)15)17(20)14-8-11-4-1-2-5-12(11)9-14/h1-7,10,14H,8-9H2. The normalized spacial score (nSPS) is 14.5. The van der Waals surface area contributed by atoms with E-state index in [9.17, 15) is 9.18 Å². The van der Waals surface area contributed by atoms with Crippen LogP contribution in [-0.4, -0.2) is 5.78 Å². The average molecular weight is 280 g/mol. The first-order valence-electron chi connectivity index (χ1n) is 7.01. The lowest BCUT2D eigenvalue weighted by Crippen LogP contribution is -2.14. The van der Waals surface area contributed by atoms with E-state index >= 15 is 0 Å². The Kier molecular flexibility index (Phi) is 2.67. The van der Waals surface area contributed by atoms with E-state index in [2.05, 4.69) is 12.1 Å². The van der Waals surface area contributed by atoms with E-state index in [1.54, 1.807) is 18.2 Å². The fourth-order valence-corrected chi connectivity index (χ4v) is 3.09. The molecule has 2 aromatic carbocycles. The molecule has 3 heteroatoms. The van der Waals surface area contributed by atoms with Crippen LogP contribution in [0.15, 0.2) is 52.9 Å². The number of carbonyl (C=O) groups is 1. The van der Waals surface area contributed by atoms with E-state index in [4.69, 9.17) is 4.42 Å². The van der Waals surface area contributed by atoms with Crippen LogP contribution in [0.2, 0.25) is 0 Å². The number of carbonyl (C=O) groups excluding carboxylic acids is 1. The van der Waals surface area contributed by atoms with Crippen LogP contribution in [0, 0.1) is 11.7 Å². The van der Waals surface area contributed by atoms with Gasteiger partial charge < -0.3 is 4.42 Å². The Morgan fingerprint density at radius 2 is 1.76 bits per heavy atom. The van der Waals surface area contributed by atoms with Crippen molar-refractivity contribution < 1.29 is 13.6 Å². The second kappa shape index (κ2) is 4.55. The van der Waals surface area contributed by atoms with Gasteiger partial charge in [-0.25, -0.2) is 4.39 Å². The molecule has 0 N–H and O–H groups in total. The summed E-state index contributed by atoms with van der Waals surface area (Å²) >= 11 is 0. The molecule has 0 fully saturated rings. The van der Waals surface area contributed by atoms with Crippen LogP contribution in [0.3, 0.4) is 0 Å². The largest absolute Gasteiger partial charge is 0.450 e. The Morgan fingerprint density at radius 3 is 2.43 bits per heavy atom. The number of ketones is 1. The predicted molar refractivity (Wildman–Crippen MR) is 77.8 cm³/mol. The first-order chi connectivity index (χ1) is 10.2. The van der Waals surface area contributed by atoms with Gasteiger partial charge in [0, 0.05) is 11.3 Å². The molecule has 3 aromatic rings. The molecule has 0 spiro atoms. The van der Waals surface area contributed by atoms with Crippen LogP contribution in [0.25, 0.3) is 11.0 Å². The SMILES string of the molecule is O=C(c1cc2cccc(F)c2o1)C1Cc2ccccc2C1. The van der Waals surface area contributed by atoms with Crippen molar-refractivity contribution in [3.8, 4) is 0 Å². The molecule has 0 unspecified atom stereocenters. The Hall–Kier alpha value is -2.42. The van der Waals surface area contributed by atoms with Crippen LogP contribution in [0.1, 0.15) is 21.7 Å². The maximum Gasteiger partial charge on any atom is 0.201 e. The van der Waals surface area contributed by atoms with Gasteiger partial charge in [0.1, 0.15) is 0 Å². The van der Waals surface area contributed by atoms with E-state index in [0.717, 1.165) is 12.8 Å². The summed E-state index contributed by atoms with van der Waals surface area (Å²) in [7, 11) is 0. The topological polar surface area (TPSA) is 30.2 Å². The van der Waals surface area contributed by atoms with Gasteiger partial charge in [-0.3, -0.25) is 4.79 Å². The monoisotopic (exact) mass is 280 g/mol. The second-order valence-electron chi connectivity index (χ2n) is 5.51. The molecule has 0 saturated carbocycles. The summed E-state index contributed by atoms with van der Waals surface area (Å²) in [6.45, 7) is 0. The third-order valence-electron chi connectivity index (χ3n) is 4.16.